The lowest BCUT2D eigenvalue weighted by atomic mass is 9.98. The number of nitrogens with one attached hydrogen (secondary N) is 2. The molecule has 2 atom stereocenters. The largest absolute Gasteiger partial charge is 0.480 e. The van der Waals surface area contributed by atoms with E-state index in [0.717, 1.165) is 27.8 Å². The Balaban J connectivity index is 1.11. The lowest BCUT2D eigenvalue weighted by Gasteiger charge is -2.21. The van der Waals surface area contributed by atoms with Crippen LogP contribution in [0.1, 0.15) is 45.0 Å². The summed E-state index contributed by atoms with van der Waals surface area (Å²) in [7, 11) is 0. The van der Waals surface area contributed by atoms with Crippen molar-refractivity contribution in [2.24, 2.45) is 0 Å². The van der Waals surface area contributed by atoms with Crippen LogP contribution >= 0.6 is 11.3 Å². The van der Waals surface area contributed by atoms with Gasteiger partial charge in [-0.3, -0.25) is 4.79 Å². The van der Waals surface area contributed by atoms with Crippen LogP contribution in [0.5, 0.6) is 0 Å². The Morgan fingerprint density at radius 3 is 2.24 bits per heavy atom. The van der Waals surface area contributed by atoms with E-state index >= 15 is 0 Å². The number of thiazole rings is 1. The Kier molecular flexibility index (Phi) is 8.71. The summed E-state index contributed by atoms with van der Waals surface area (Å²) in [5.74, 6) is -1.91. The summed E-state index contributed by atoms with van der Waals surface area (Å²) in [6.07, 6.45) is -1.38. The Hall–Kier alpha value is -4.54. The van der Waals surface area contributed by atoms with E-state index in [9.17, 15) is 19.5 Å². The van der Waals surface area contributed by atoms with E-state index in [1.54, 1.807) is 6.92 Å². The average molecular weight is 572 g/mol. The number of carboxylic acid groups (broad SMARTS) is 1. The Morgan fingerprint density at radius 1 is 0.951 bits per heavy atom. The summed E-state index contributed by atoms with van der Waals surface area (Å²) in [5, 5.41) is 16.8. The van der Waals surface area contributed by atoms with E-state index in [4.69, 9.17) is 9.47 Å². The van der Waals surface area contributed by atoms with Crippen molar-refractivity contribution in [1.82, 2.24) is 15.6 Å². The lowest BCUT2D eigenvalue weighted by Crippen LogP contribution is -2.48. The summed E-state index contributed by atoms with van der Waals surface area (Å²) in [4.78, 5) is 41.3. The number of nitrogens with zero attached hydrogens (tertiary/aromatic N) is 1. The van der Waals surface area contributed by atoms with Crippen LogP contribution in [0.2, 0.25) is 0 Å². The topological polar surface area (TPSA) is 127 Å². The highest BCUT2D eigenvalue weighted by Gasteiger charge is 2.30. The molecule has 9 nitrogen and oxygen atoms in total. The molecule has 10 heteroatoms. The quantitative estimate of drug-likeness (QED) is 0.232. The molecule has 210 valence electrons. The third-order valence-corrected chi connectivity index (χ3v) is 7.74. The molecule has 1 aromatic heterocycles. The maximum atomic E-state index is 12.7. The minimum absolute atomic E-state index is 0.0513. The second-order valence-corrected chi connectivity index (χ2v) is 10.5. The Bertz CT molecular complexity index is 1490. The Labute approximate surface area is 241 Å². The van der Waals surface area contributed by atoms with Crippen LogP contribution in [-0.4, -0.2) is 46.8 Å². The molecular weight excluding hydrogens is 542 g/mol. The van der Waals surface area contributed by atoms with Gasteiger partial charge in [0, 0.05) is 11.3 Å². The molecule has 3 aromatic carbocycles. The average Bonchev–Trinajstić information content (AvgIpc) is 3.60. The van der Waals surface area contributed by atoms with Crippen molar-refractivity contribution < 1.29 is 29.0 Å². The van der Waals surface area contributed by atoms with Crippen LogP contribution in [-0.2, 0) is 27.4 Å². The molecule has 1 aliphatic carbocycles. The molecule has 5 rings (SSSR count). The second-order valence-electron chi connectivity index (χ2n) is 9.60. The number of hydrogen-bond acceptors (Lipinski definition) is 7. The Morgan fingerprint density at radius 2 is 1.59 bits per heavy atom. The van der Waals surface area contributed by atoms with Crippen LogP contribution in [0.3, 0.4) is 0 Å². The number of rotatable bonds is 11. The zero-order valence-corrected chi connectivity index (χ0v) is 23.1. The molecule has 0 spiro atoms. The normalized spacial score (nSPS) is 13.5. The number of fused-ring (bicyclic) bond motifs is 3. The summed E-state index contributed by atoms with van der Waals surface area (Å²) in [5.41, 5.74) is 5.48. The molecule has 0 aliphatic heterocycles. The molecule has 0 bridgehead atoms. The minimum Gasteiger partial charge on any atom is -0.480 e. The van der Waals surface area contributed by atoms with Gasteiger partial charge >= 0.3 is 12.1 Å². The fraction of sp³-hybridized carbons (Fsp3) is 0.226. The van der Waals surface area contributed by atoms with E-state index < -0.39 is 30.1 Å². The molecule has 0 saturated heterocycles. The highest BCUT2D eigenvalue weighted by Crippen LogP contribution is 2.44. The lowest BCUT2D eigenvalue weighted by molar-refractivity contribution is -0.143. The van der Waals surface area contributed by atoms with Gasteiger partial charge in [0.2, 0.25) is 0 Å². The number of alkyl carbamates (subject to hydrolysis) is 1. The maximum Gasteiger partial charge on any atom is 0.407 e. The van der Waals surface area contributed by atoms with Crippen molar-refractivity contribution >= 4 is 29.3 Å². The van der Waals surface area contributed by atoms with Gasteiger partial charge in [0.05, 0.1) is 19.3 Å². The zero-order chi connectivity index (χ0) is 28.8. The number of benzene rings is 3. The molecule has 41 heavy (non-hydrogen) atoms. The van der Waals surface area contributed by atoms with Gasteiger partial charge in [-0.25, -0.2) is 14.6 Å². The van der Waals surface area contributed by atoms with E-state index in [0.29, 0.717) is 5.01 Å². The predicted molar refractivity (Wildman–Crippen MR) is 154 cm³/mol. The first-order chi connectivity index (χ1) is 19.9. The molecule has 3 N–H and O–H groups in total. The van der Waals surface area contributed by atoms with Gasteiger partial charge < -0.3 is 25.2 Å². The molecule has 0 unspecified atom stereocenters. The molecule has 4 aromatic rings. The minimum atomic E-state index is -1.27. The fourth-order valence-corrected chi connectivity index (χ4v) is 5.50. The molecule has 0 saturated carbocycles. The van der Waals surface area contributed by atoms with Gasteiger partial charge in [0.1, 0.15) is 17.3 Å². The summed E-state index contributed by atoms with van der Waals surface area (Å²) >= 11 is 1.18. The second kappa shape index (κ2) is 12.8. The van der Waals surface area contributed by atoms with Crippen molar-refractivity contribution in [3.05, 3.63) is 112 Å². The SMILES string of the molecule is C[C@H](OCc1ccccc1)[C@@H](NC(=O)c1csc(CNC(=O)OCC2c3ccccc3-c3ccccc32)n1)C(=O)O. The number of carbonyl (C=O) groups excluding carboxylic acids is 2. The highest BCUT2D eigenvalue weighted by molar-refractivity contribution is 7.09. The number of amides is 2. The van der Waals surface area contributed by atoms with Gasteiger partial charge in [-0.1, -0.05) is 78.9 Å². The standard InChI is InChI=1S/C31H29N3O6S/c1-19(39-16-20-9-3-2-4-10-20)28(30(36)37)34-29(35)26-18-41-27(33-26)15-32-31(38)40-17-25-23-13-7-5-11-21(23)22-12-6-8-14-24(22)25/h2-14,18-19,25,28H,15-17H2,1H3,(H,32,38)(H,34,35)(H,36,37)/t19-,28+/m0/s1. The van der Waals surface area contributed by atoms with Crippen molar-refractivity contribution in [2.45, 2.75) is 38.1 Å². The molecular formula is C31H29N3O6S. The molecule has 2 amide bonds. The van der Waals surface area contributed by atoms with Gasteiger partial charge in [0.15, 0.2) is 6.04 Å². The molecule has 0 fully saturated rings. The van der Waals surface area contributed by atoms with Gasteiger partial charge in [-0.15, -0.1) is 11.3 Å². The number of ether oxygens (including phenoxy) is 2. The van der Waals surface area contributed by atoms with Gasteiger partial charge in [0.25, 0.3) is 5.91 Å². The van der Waals surface area contributed by atoms with Gasteiger partial charge in [-0.2, -0.15) is 0 Å². The van der Waals surface area contributed by atoms with Crippen molar-refractivity contribution in [3.8, 4) is 11.1 Å². The maximum absolute atomic E-state index is 12.7. The fourth-order valence-electron chi connectivity index (χ4n) is 4.79. The van der Waals surface area contributed by atoms with Crippen LogP contribution in [0.4, 0.5) is 4.79 Å². The predicted octanol–water partition coefficient (Wildman–Crippen LogP) is 4.97. The number of carboxylic acids is 1. The van der Waals surface area contributed by atoms with E-state index in [1.165, 1.54) is 16.7 Å². The van der Waals surface area contributed by atoms with E-state index in [1.807, 2.05) is 54.6 Å². The van der Waals surface area contributed by atoms with Crippen LogP contribution in [0.15, 0.2) is 84.2 Å². The monoisotopic (exact) mass is 571 g/mol. The molecule has 1 aliphatic rings. The number of aliphatic carboxylic acids is 1. The first-order valence-corrected chi connectivity index (χ1v) is 14.0. The first-order valence-electron chi connectivity index (χ1n) is 13.1. The third-order valence-electron chi connectivity index (χ3n) is 6.89. The van der Waals surface area contributed by atoms with Crippen molar-refractivity contribution in [2.75, 3.05) is 6.61 Å². The van der Waals surface area contributed by atoms with E-state index in [-0.39, 0.29) is 31.4 Å². The van der Waals surface area contributed by atoms with Crippen LogP contribution in [0.25, 0.3) is 11.1 Å². The van der Waals surface area contributed by atoms with Gasteiger partial charge in [-0.05, 0) is 34.7 Å². The zero-order valence-electron chi connectivity index (χ0n) is 22.3. The van der Waals surface area contributed by atoms with Crippen LogP contribution < -0.4 is 10.6 Å². The van der Waals surface area contributed by atoms with Crippen LogP contribution in [0, 0.1) is 0 Å². The van der Waals surface area contributed by atoms with E-state index in [2.05, 4.69) is 39.9 Å². The van der Waals surface area contributed by atoms with Crippen molar-refractivity contribution in [1.29, 1.82) is 0 Å². The summed E-state index contributed by atoms with van der Waals surface area (Å²) in [6, 6.07) is 24.3. The van der Waals surface area contributed by atoms with Crippen molar-refractivity contribution in [3.63, 3.8) is 0 Å². The third kappa shape index (κ3) is 6.62. The summed E-state index contributed by atoms with van der Waals surface area (Å²) < 4.78 is 11.2. The highest BCUT2D eigenvalue weighted by atomic mass is 32.1. The smallest absolute Gasteiger partial charge is 0.407 e. The summed E-state index contributed by atoms with van der Waals surface area (Å²) in [6.45, 7) is 2.05. The molecule has 0 radical (unpaired) electrons. The number of carbonyl (C=O) groups is 3. The molecule has 1 heterocycles. The number of aromatic nitrogens is 1. The first kappa shape index (κ1) is 28.0. The number of hydrogen-bond donors (Lipinski definition) is 3.